The molecule has 0 fully saturated rings. The number of nitrogens with one attached hydrogen (secondary N) is 9. The van der Waals surface area contributed by atoms with Gasteiger partial charge in [0.05, 0.1) is 69.2 Å². The highest BCUT2D eigenvalue weighted by Crippen LogP contribution is 2.09. The fraction of sp³-hybridized carbons (Fsp3) is 0.800. The summed E-state index contributed by atoms with van der Waals surface area (Å²) in [6, 6.07) is -1.31. The first-order valence-electron chi connectivity index (χ1n) is 29.2. The number of carbonyl (C=O) groups excluding carboxylic acids is 9. The number of hydrogen-bond donors (Lipinski definition) is 13. The van der Waals surface area contributed by atoms with E-state index < -0.39 is 35.0 Å². The number of amides is 9. The molecule has 480 valence electrons. The Labute approximate surface area is 491 Å². The first kappa shape index (κ1) is 79.0. The standard InChI is InChI=1S/C53H99N13O15.C2H6/c1-39(49(54)73)15-7-10-23-57-47(71)35-80-31-30-79-28-26-59-48(72)36-81-32-29-78-27-25-58-44(68)19-13-18-43(67)56-22-12-9-17-42(51(75)60-24-11-8-16-40(2)50(55)74)66-46(70)21-14-20-45(69)65-41(33-61-52(3,4)37-63-76)34-62-53(5,6)38-64-77;1-2/h37-42,61-62,76-77H,7-36H2,1-6H3,(H2,54,73)(H2,55,74)(H,56,67)(H,57,71)(H,58,68)(H,59,72)(H,60,75)(H,65,69)(H,66,70);1-2H3/b63-37+,64-38+;/t39-,40-,42-;/m0./s1. The molecule has 0 unspecified atom stereocenters. The van der Waals surface area contributed by atoms with Crippen molar-refractivity contribution in [2.45, 2.75) is 175 Å². The number of ether oxygens (including phenoxy) is 4. The van der Waals surface area contributed by atoms with Gasteiger partial charge in [-0.25, -0.2) is 0 Å². The zero-order chi connectivity index (χ0) is 62.7. The van der Waals surface area contributed by atoms with E-state index >= 15 is 0 Å². The number of nitrogens with zero attached hydrogens (tertiary/aromatic N) is 2. The van der Waals surface area contributed by atoms with Gasteiger partial charge in [0.1, 0.15) is 19.3 Å². The molecule has 0 aromatic carbocycles. The molecule has 0 aliphatic rings. The highest BCUT2D eigenvalue weighted by Gasteiger charge is 2.24. The number of unbranched alkanes of at least 4 members (excludes halogenated alkanes) is 3. The van der Waals surface area contributed by atoms with Gasteiger partial charge in [-0.2, -0.15) is 0 Å². The van der Waals surface area contributed by atoms with Crippen LogP contribution in [0.2, 0.25) is 0 Å². The molecule has 0 aliphatic heterocycles. The molecule has 0 aromatic rings. The predicted octanol–water partition coefficient (Wildman–Crippen LogP) is 0.380. The highest BCUT2D eigenvalue weighted by molar-refractivity contribution is 5.88. The van der Waals surface area contributed by atoms with Gasteiger partial charge in [-0.15, -0.1) is 10.3 Å². The lowest BCUT2D eigenvalue weighted by atomic mass is 10.0. The average Bonchev–Trinajstić information content (AvgIpc) is 3.43. The molecule has 0 bridgehead atoms. The van der Waals surface area contributed by atoms with Gasteiger partial charge >= 0.3 is 0 Å². The van der Waals surface area contributed by atoms with Gasteiger partial charge in [0.15, 0.2) is 0 Å². The third kappa shape index (κ3) is 49.1. The Bertz CT molecular complexity index is 1870. The second-order valence-electron chi connectivity index (χ2n) is 20.9. The fourth-order valence-electron chi connectivity index (χ4n) is 7.25. The van der Waals surface area contributed by atoms with Crippen molar-refractivity contribution in [1.82, 2.24) is 47.9 Å². The van der Waals surface area contributed by atoms with E-state index in [-0.39, 0.29) is 171 Å². The summed E-state index contributed by atoms with van der Waals surface area (Å²) in [6.07, 6.45) is 8.74. The van der Waals surface area contributed by atoms with Crippen LogP contribution in [0.4, 0.5) is 0 Å². The highest BCUT2D eigenvalue weighted by atomic mass is 16.5. The molecule has 15 N–H and O–H groups in total. The quantitative estimate of drug-likeness (QED) is 0.0169. The monoisotopic (exact) mass is 1190 g/mol. The number of rotatable bonds is 52. The van der Waals surface area contributed by atoms with Crippen LogP contribution in [-0.4, -0.2) is 198 Å². The average molecular weight is 1190 g/mol. The minimum atomic E-state index is -0.873. The number of hydrogen-bond acceptors (Lipinski definition) is 19. The van der Waals surface area contributed by atoms with Crippen molar-refractivity contribution in [3.8, 4) is 0 Å². The van der Waals surface area contributed by atoms with Gasteiger partial charge < -0.3 is 88.7 Å². The second-order valence-corrected chi connectivity index (χ2v) is 20.9. The van der Waals surface area contributed by atoms with E-state index in [0.717, 1.165) is 12.8 Å². The Morgan fingerprint density at radius 2 is 0.819 bits per heavy atom. The Balaban J connectivity index is 0. The summed E-state index contributed by atoms with van der Waals surface area (Å²) in [7, 11) is 0. The lowest BCUT2D eigenvalue weighted by Gasteiger charge is -2.29. The third-order valence-electron chi connectivity index (χ3n) is 12.3. The maximum absolute atomic E-state index is 13.3. The Morgan fingerprint density at radius 3 is 1.25 bits per heavy atom. The minimum absolute atomic E-state index is 0.0202. The van der Waals surface area contributed by atoms with E-state index in [2.05, 4.69) is 58.2 Å². The number of oxime groups is 2. The van der Waals surface area contributed by atoms with Gasteiger partial charge in [-0.1, -0.05) is 40.5 Å². The van der Waals surface area contributed by atoms with E-state index in [1.165, 1.54) is 12.4 Å². The van der Waals surface area contributed by atoms with Gasteiger partial charge in [-0.05, 0) is 85.5 Å². The van der Waals surface area contributed by atoms with E-state index in [9.17, 15) is 43.2 Å². The van der Waals surface area contributed by atoms with Crippen molar-refractivity contribution < 1.29 is 72.5 Å². The summed E-state index contributed by atoms with van der Waals surface area (Å²) < 4.78 is 21.4. The fourth-order valence-corrected chi connectivity index (χ4v) is 7.25. The van der Waals surface area contributed by atoms with Crippen LogP contribution in [-0.2, 0) is 62.1 Å². The molecule has 28 nitrogen and oxygen atoms in total. The molecule has 0 aromatic heterocycles. The van der Waals surface area contributed by atoms with E-state index in [1.807, 2.05) is 13.8 Å². The molecule has 0 rings (SSSR count). The molecule has 9 amide bonds. The molecule has 0 aliphatic carbocycles. The van der Waals surface area contributed by atoms with Crippen molar-refractivity contribution in [2.75, 3.05) is 98.7 Å². The van der Waals surface area contributed by atoms with Gasteiger partial charge in [0.25, 0.3) is 0 Å². The summed E-state index contributed by atoms with van der Waals surface area (Å²) in [5.74, 6) is -3.34. The molecule has 0 heterocycles. The lowest BCUT2D eigenvalue weighted by Crippen LogP contribution is -2.55. The first-order chi connectivity index (χ1) is 39.5. The largest absolute Gasteiger partial charge is 0.411 e. The van der Waals surface area contributed by atoms with Crippen LogP contribution in [0.3, 0.4) is 0 Å². The Kier molecular flexibility index (Phi) is 48.0. The van der Waals surface area contributed by atoms with Crippen molar-refractivity contribution in [3.05, 3.63) is 0 Å². The Morgan fingerprint density at radius 1 is 0.458 bits per heavy atom. The van der Waals surface area contributed by atoms with Crippen molar-refractivity contribution in [2.24, 2.45) is 33.6 Å². The summed E-state index contributed by atoms with van der Waals surface area (Å²) in [5, 5.41) is 50.2. The lowest BCUT2D eigenvalue weighted by molar-refractivity contribution is -0.129. The van der Waals surface area contributed by atoms with Crippen molar-refractivity contribution >= 4 is 65.6 Å². The summed E-state index contributed by atoms with van der Waals surface area (Å²) >= 11 is 0. The number of nitrogens with two attached hydrogens (primary N) is 2. The molecular weight excluding hydrogens is 1080 g/mol. The van der Waals surface area contributed by atoms with Gasteiger partial charge in [0, 0.05) is 83.3 Å². The topological polar surface area (TPSA) is 416 Å². The zero-order valence-corrected chi connectivity index (χ0v) is 50.9. The van der Waals surface area contributed by atoms with Crippen LogP contribution in [0.15, 0.2) is 10.3 Å². The van der Waals surface area contributed by atoms with Crippen LogP contribution in [0.25, 0.3) is 0 Å². The minimum Gasteiger partial charge on any atom is -0.411 e. The Hall–Kier alpha value is -6.07. The van der Waals surface area contributed by atoms with Crippen LogP contribution < -0.4 is 59.3 Å². The number of carbonyl (C=O) groups is 9. The molecule has 0 radical (unpaired) electrons. The maximum Gasteiger partial charge on any atom is 0.246 e. The van der Waals surface area contributed by atoms with Crippen LogP contribution in [0, 0.1) is 11.8 Å². The molecule has 0 saturated heterocycles. The molecular formula is C55H105N13O15. The third-order valence-corrected chi connectivity index (χ3v) is 12.3. The second kappa shape index (κ2) is 50.4. The SMILES string of the molecule is CC.C[C@@H](CCCCNC(=O)COCCOCCNC(=O)COCCOCCNC(=O)CCCC(=O)NCCCC[C@H](NC(=O)CCCC(=O)NC(CNC(C)(C)/C=N/O)CNC(C)(C)/C=N/O)C(=O)NCCCC[C@H](C)C(N)=O)C(N)=O. The molecule has 0 saturated carbocycles. The van der Waals surface area contributed by atoms with Crippen LogP contribution >= 0.6 is 0 Å². The molecule has 0 spiro atoms. The summed E-state index contributed by atoms with van der Waals surface area (Å²) in [4.78, 5) is 110. The molecule has 3 atom stereocenters. The van der Waals surface area contributed by atoms with Gasteiger partial charge in [-0.3, -0.25) is 43.2 Å². The van der Waals surface area contributed by atoms with E-state index in [4.69, 9.17) is 40.8 Å². The van der Waals surface area contributed by atoms with Gasteiger partial charge in [0.2, 0.25) is 53.2 Å². The normalized spacial score (nSPS) is 12.6. The van der Waals surface area contributed by atoms with Crippen LogP contribution in [0.1, 0.15) is 152 Å². The smallest absolute Gasteiger partial charge is 0.246 e. The molecule has 28 heteroatoms. The zero-order valence-electron chi connectivity index (χ0n) is 50.9. The molecule has 83 heavy (non-hydrogen) atoms. The van der Waals surface area contributed by atoms with Crippen molar-refractivity contribution in [1.29, 1.82) is 0 Å². The summed E-state index contributed by atoms with van der Waals surface area (Å²) in [5.41, 5.74) is 9.22. The number of primary amides is 2. The maximum atomic E-state index is 13.3. The predicted molar refractivity (Wildman–Crippen MR) is 314 cm³/mol. The van der Waals surface area contributed by atoms with E-state index in [1.54, 1.807) is 41.5 Å². The van der Waals surface area contributed by atoms with Crippen LogP contribution in [0.5, 0.6) is 0 Å². The van der Waals surface area contributed by atoms with Crippen molar-refractivity contribution in [3.63, 3.8) is 0 Å². The van der Waals surface area contributed by atoms with E-state index in [0.29, 0.717) is 64.6 Å². The first-order valence-corrected chi connectivity index (χ1v) is 29.2. The summed E-state index contributed by atoms with van der Waals surface area (Å²) in [6.45, 7) is 18.0.